The molecule has 29 heavy (non-hydrogen) atoms. The van der Waals surface area contributed by atoms with Gasteiger partial charge in [-0.15, -0.1) is 11.3 Å². The highest BCUT2D eigenvalue weighted by atomic mass is 32.1. The minimum absolute atomic E-state index is 0.0771. The van der Waals surface area contributed by atoms with E-state index in [1.807, 2.05) is 56.3 Å². The molecule has 1 heterocycles. The van der Waals surface area contributed by atoms with E-state index in [-0.39, 0.29) is 12.1 Å². The van der Waals surface area contributed by atoms with Crippen LogP contribution in [0, 0.1) is 0 Å². The fourth-order valence-electron chi connectivity index (χ4n) is 2.82. The molecule has 3 nitrogen and oxygen atoms in total. The average molecular weight is 418 g/mol. The number of thiophene rings is 1. The third kappa shape index (κ3) is 5.38. The lowest BCUT2D eigenvalue weighted by molar-refractivity contribution is -0.137. The molecule has 0 spiro atoms. The van der Waals surface area contributed by atoms with E-state index >= 15 is 0 Å². The van der Waals surface area contributed by atoms with E-state index in [0.29, 0.717) is 12.2 Å². The van der Waals surface area contributed by atoms with Crippen molar-refractivity contribution in [1.29, 1.82) is 0 Å². The lowest BCUT2D eigenvalue weighted by atomic mass is 10.2. The first-order valence-electron chi connectivity index (χ1n) is 9.13. The highest BCUT2D eigenvalue weighted by Gasteiger charge is 2.30. The molecular weight excluding hydrogens is 397 g/mol. The summed E-state index contributed by atoms with van der Waals surface area (Å²) in [5, 5.41) is 2.69. The van der Waals surface area contributed by atoms with Gasteiger partial charge in [-0.05, 0) is 55.8 Å². The van der Waals surface area contributed by atoms with Crippen molar-refractivity contribution in [3.8, 4) is 10.4 Å². The molecule has 0 atom stereocenters. The minimum atomic E-state index is -4.40. The Morgan fingerprint density at radius 2 is 1.66 bits per heavy atom. The van der Waals surface area contributed by atoms with Gasteiger partial charge in [0.2, 0.25) is 0 Å². The molecule has 0 aliphatic heterocycles. The second-order valence-corrected chi connectivity index (χ2v) is 8.03. The summed E-state index contributed by atoms with van der Waals surface area (Å²) in [6, 6.07) is 18.0. The van der Waals surface area contributed by atoms with Gasteiger partial charge in [-0.2, -0.15) is 13.2 Å². The smallest absolute Gasteiger partial charge is 0.317 e. The van der Waals surface area contributed by atoms with E-state index in [9.17, 15) is 18.0 Å². The molecule has 1 N–H and O–H groups in total. The molecule has 0 bridgehead atoms. The van der Waals surface area contributed by atoms with Crippen molar-refractivity contribution in [3.63, 3.8) is 0 Å². The Morgan fingerprint density at radius 3 is 2.24 bits per heavy atom. The van der Waals surface area contributed by atoms with Crippen molar-refractivity contribution in [2.24, 2.45) is 0 Å². The molecule has 0 fully saturated rings. The van der Waals surface area contributed by atoms with Crippen LogP contribution in [0.3, 0.4) is 0 Å². The number of benzene rings is 2. The first kappa shape index (κ1) is 20.9. The molecule has 0 radical (unpaired) electrons. The molecule has 3 rings (SSSR count). The first-order valence-corrected chi connectivity index (χ1v) is 9.94. The van der Waals surface area contributed by atoms with Crippen LogP contribution in [0.1, 0.15) is 24.3 Å². The molecular formula is C22H21F3N2OS. The summed E-state index contributed by atoms with van der Waals surface area (Å²) in [5.41, 5.74) is 0.696. The maximum atomic E-state index is 12.7. The molecule has 152 valence electrons. The van der Waals surface area contributed by atoms with Crippen LogP contribution in [0.4, 0.5) is 23.7 Å². The molecule has 0 saturated heterocycles. The van der Waals surface area contributed by atoms with Crippen LogP contribution in [0.2, 0.25) is 0 Å². The topological polar surface area (TPSA) is 32.3 Å². The number of amides is 2. The van der Waals surface area contributed by atoms with E-state index in [1.54, 1.807) is 16.2 Å². The number of rotatable bonds is 5. The predicted octanol–water partition coefficient (Wildman–Crippen LogP) is 6.88. The normalized spacial score (nSPS) is 11.5. The number of nitrogens with one attached hydrogen (secondary N) is 1. The van der Waals surface area contributed by atoms with Crippen LogP contribution >= 0.6 is 11.3 Å². The van der Waals surface area contributed by atoms with Crippen LogP contribution < -0.4 is 5.32 Å². The SMILES string of the molecule is CC(C)N(Cc1ccc(-c2ccccc2)s1)C(=O)Nc1ccc(C(F)(F)F)cc1. The Hall–Kier alpha value is -2.80. The fourth-order valence-corrected chi connectivity index (χ4v) is 3.83. The number of nitrogens with zero attached hydrogens (tertiary/aromatic N) is 1. The monoisotopic (exact) mass is 418 g/mol. The molecule has 7 heteroatoms. The number of hydrogen-bond donors (Lipinski definition) is 1. The van der Waals surface area contributed by atoms with Gasteiger partial charge in [0.1, 0.15) is 0 Å². The van der Waals surface area contributed by atoms with E-state index in [1.165, 1.54) is 12.1 Å². The maximum absolute atomic E-state index is 12.7. The van der Waals surface area contributed by atoms with Gasteiger partial charge in [0.25, 0.3) is 0 Å². The second kappa shape index (κ2) is 8.69. The van der Waals surface area contributed by atoms with Crippen molar-refractivity contribution >= 4 is 23.1 Å². The Morgan fingerprint density at radius 1 is 1.00 bits per heavy atom. The Labute approximate surface area is 171 Å². The molecule has 0 unspecified atom stereocenters. The van der Waals surface area contributed by atoms with Gasteiger partial charge < -0.3 is 10.2 Å². The third-order valence-corrected chi connectivity index (χ3v) is 5.51. The van der Waals surface area contributed by atoms with Gasteiger partial charge in [-0.25, -0.2) is 4.79 Å². The van der Waals surface area contributed by atoms with Crippen LogP contribution in [0.5, 0.6) is 0 Å². The van der Waals surface area contributed by atoms with Gasteiger partial charge in [0.15, 0.2) is 0 Å². The largest absolute Gasteiger partial charge is 0.416 e. The standard InChI is InChI=1S/C22H21F3N2OS/c1-15(2)27(14-19-12-13-20(29-19)16-6-4-3-5-7-16)21(28)26-18-10-8-17(9-11-18)22(23,24)25/h3-13,15H,14H2,1-2H3,(H,26,28). The summed E-state index contributed by atoms with van der Waals surface area (Å²) in [5.74, 6) is 0. The molecule has 1 aromatic heterocycles. The summed E-state index contributed by atoms with van der Waals surface area (Å²) in [6.45, 7) is 4.22. The van der Waals surface area contributed by atoms with Gasteiger partial charge in [0, 0.05) is 21.5 Å². The fraction of sp³-hybridized carbons (Fsp3) is 0.227. The lowest BCUT2D eigenvalue weighted by Gasteiger charge is -2.26. The summed E-state index contributed by atoms with van der Waals surface area (Å²) in [7, 11) is 0. The number of carbonyl (C=O) groups excluding carboxylic acids is 1. The maximum Gasteiger partial charge on any atom is 0.416 e. The molecule has 3 aromatic rings. The molecule has 0 saturated carbocycles. The van der Waals surface area contributed by atoms with Gasteiger partial charge in [0.05, 0.1) is 12.1 Å². The van der Waals surface area contributed by atoms with Crippen molar-refractivity contribution in [2.75, 3.05) is 5.32 Å². The first-order chi connectivity index (χ1) is 13.7. The van der Waals surface area contributed by atoms with Crippen molar-refractivity contribution in [2.45, 2.75) is 32.6 Å². The summed E-state index contributed by atoms with van der Waals surface area (Å²) < 4.78 is 38.1. The minimum Gasteiger partial charge on any atom is -0.317 e. The number of halogens is 3. The zero-order valence-electron chi connectivity index (χ0n) is 16.0. The number of alkyl halides is 3. The third-order valence-electron chi connectivity index (χ3n) is 4.39. The second-order valence-electron chi connectivity index (χ2n) is 6.86. The van der Waals surface area contributed by atoms with E-state index in [2.05, 4.69) is 5.32 Å². The Balaban J connectivity index is 1.70. The molecule has 2 aromatic carbocycles. The number of anilines is 1. The zero-order valence-corrected chi connectivity index (χ0v) is 16.8. The summed E-state index contributed by atoms with van der Waals surface area (Å²) in [6.07, 6.45) is -4.40. The van der Waals surface area contributed by atoms with Gasteiger partial charge in [-0.3, -0.25) is 0 Å². The summed E-state index contributed by atoms with van der Waals surface area (Å²) in [4.78, 5) is 16.5. The summed E-state index contributed by atoms with van der Waals surface area (Å²) >= 11 is 1.61. The predicted molar refractivity (Wildman–Crippen MR) is 111 cm³/mol. The Bertz CT molecular complexity index is 950. The number of carbonyl (C=O) groups is 1. The molecule has 0 aliphatic carbocycles. The van der Waals surface area contributed by atoms with Crippen molar-refractivity contribution < 1.29 is 18.0 Å². The number of urea groups is 1. The number of hydrogen-bond acceptors (Lipinski definition) is 2. The van der Waals surface area contributed by atoms with E-state index < -0.39 is 11.7 Å². The van der Waals surface area contributed by atoms with E-state index in [4.69, 9.17) is 0 Å². The van der Waals surface area contributed by atoms with Crippen LogP contribution in [-0.2, 0) is 12.7 Å². The van der Waals surface area contributed by atoms with Crippen molar-refractivity contribution in [1.82, 2.24) is 4.90 Å². The Kier molecular flexibility index (Phi) is 6.27. The van der Waals surface area contributed by atoms with Crippen LogP contribution in [0.25, 0.3) is 10.4 Å². The molecule has 2 amide bonds. The zero-order chi connectivity index (χ0) is 21.0. The van der Waals surface area contributed by atoms with E-state index in [0.717, 1.165) is 27.5 Å². The highest BCUT2D eigenvalue weighted by Crippen LogP contribution is 2.31. The quantitative estimate of drug-likeness (QED) is 0.481. The van der Waals surface area contributed by atoms with Gasteiger partial charge in [-0.1, -0.05) is 30.3 Å². The van der Waals surface area contributed by atoms with Crippen molar-refractivity contribution in [3.05, 3.63) is 77.2 Å². The average Bonchev–Trinajstić information content (AvgIpc) is 3.15. The lowest BCUT2D eigenvalue weighted by Crippen LogP contribution is -2.39. The molecule has 0 aliphatic rings. The highest BCUT2D eigenvalue weighted by molar-refractivity contribution is 7.15. The van der Waals surface area contributed by atoms with Crippen LogP contribution in [-0.4, -0.2) is 17.0 Å². The van der Waals surface area contributed by atoms with Crippen LogP contribution in [0.15, 0.2) is 66.7 Å². The van der Waals surface area contributed by atoms with Gasteiger partial charge >= 0.3 is 12.2 Å².